The van der Waals surface area contributed by atoms with E-state index in [4.69, 9.17) is 17.0 Å². The first-order chi connectivity index (χ1) is 16.0. The Morgan fingerprint density at radius 2 is 2.06 bits per heavy atom. The molecular weight excluding hydrogens is 527 g/mol. The summed E-state index contributed by atoms with van der Waals surface area (Å²) in [6, 6.07) is 6.60. The van der Waals surface area contributed by atoms with Crippen LogP contribution >= 0.6 is 39.5 Å². The number of aromatic nitrogens is 2. The van der Waals surface area contributed by atoms with Crippen LogP contribution in [0.5, 0.6) is 0 Å². The first-order valence-electron chi connectivity index (χ1n) is 10.8. The van der Waals surface area contributed by atoms with Gasteiger partial charge in [0.2, 0.25) is 0 Å². The Morgan fingerprint density at radius 1 is 1.27 bits per heavy atom. The molecule has 10 heteroatoms. The van der Waals surface area contributed by atoms with Gasteiger partial charge in [0.25, 0.3) is 0 Å². The number of nitrogens with zero attached hydrogens (tertiary/aromatic N) is 2. The van der Waals surface area contributed by atoms with Gasteiger partial charge in [-0.25, -0.2) is 9.18 Å². The Morgan fingerprint density at radius 3 is 2.85 bits per heavy atom. The molecule has 0 radical (unpaired) electrons. The smallest absolute Gasteiger partial charge is 0.341 e. The number of carbonyl (C=O) groups excluding carboxylic acids is 1. The molecule has 0 unspecified atom stereocenters. The van der Waals surface area contributed by atoms with Crippen molar-refractivity contribution in [1.82, 2.24) is 9.78 Å². The van der Waals surface area contributed by atoms with Gasteiger partial charge in [0.1, 0.15) is 10.8 Å². The van der Waals surface area contributed by atoms with E-state index in [0.29, 0.717) is 38.1 Å². The maximum absolute atomic E-state index is 14.0. The number of carbonyl (C=O) groups is 1. The maximum Gasteiger partial charge on any atom is 0.341 e. The van der Waals surface area contributed by atoms with Gasteiger partial charge < -0.3 is 15.4 Å². The molecule has 6 nitrogen and oxygen atoms in total. The van der Waals surface area contributed by atoms with Crippen LogP contribution in [0.25, 0.3) is 0 Å². The molecule has 0 amide bonds. The van der Waals surface area contributed by atoms with Gasteiger partial charge in [0.15, 0.2) is 10.9 Å². The van der Waals surface area contributed by atoms with Crippen LogP contribution in [-0.4, -0.2) is 27.5 Å². The third-order valence-electron chi connectivity index (χ3n) is 5.37. The van der Waals surface area contributed by atoms with E-state index >= 15 is 0 Å². The summed E-state index contributed by atoms with van der Waals surface area (Å²) >= 11 is 10.6. The SMILES string of the molecule is CCOC(=O)c1c(NC(=S)Nc2nn(Cc3ccccc3F)cc2Br)sc2c1CCCCC2. The quantitative estimate of drug-likeness (QED) is 0.218. The van der Waals surface area contributed by atoms with E-state index < -0.39 is 0 Å². The molecule has 0 saturated carbocycles. The summed E-state index contributed by atoms with van der Waals surface area (Å²) in [5.41, 5.74) is 2.21. The number of thiocarbonyl (C=S) groups is 1. The van der Waals surface area contributed by atoms with Crippen LogP contribution in [0.4, 0.5) is 15.2 Å². The average molecular weight is 552 g/mol. The Bertz CT molecular complexity index is 1180. The number of hydrogen-bond acceptors (Lipinski definition) is 5. The van der Waals surface area contributed by atoms with Gasteiger partial charge in [-0.05, 0) is 72.4 Å². The molecule has 0 spiro atoms. The summed E-state index contributed by atoms with van der Waals surface area (Å²) < 4.78 is 21.6. The summed E-state index contributed by atoms with van der Waals surface area (Å²) in [4.78, 5) is 14.0. The zero-order valence-electron chi connectivity index (χ0n) is 18.1. The van der Waals surface area contributed by atoms with Crippen molar-refractivity contribution in [2.24, 2.45) is 0 Å². The second-order valence-electron chi connectivity index (χ2n) is 7.68. The van der Waals surface area contributed by atoms with Gasteiger partial charge >= 0.3 is 5.97 Å². The topological polar surface area (TPSA) is 68.2 Å². The molecule has 0 saturated heterocycles. The Balaban J connectivity index is 1.51. The van der Waals surface area contributed by atoms with Crippen LogP contribution in [0, 0.1) is 5.82 Å². The van der Waals surface area contributed by atoms with Crippen LogP contribution < -0.4 is 10.6 Å². The Kier molecular flexibility index (Phi) is 7.77. The minimum atomic E-state index is -0.322. The van der Waals surface area contributed by atoms with Crippen molar-refractivity contribution < 1.29 is 13.9 Å². The zero-order chi connectivity index (χ0) is 23.4. The summed E-state index contributed by atoms with van der Waals surface area (Å²) in [5.74, 6) is -0.100. The number of halogens is 2. The number of thiophene rings is 1. The van der Waals surface area contributed by atoms with Crippen LogP contribution in [0.2, 0.25) is 0 Å². The number of benzene rings is 1. The van der Waals surface area contributed by atoms with Crippen molar-refractivity contribution in [3.05, 3.63) is 62.3 Å². The van der Waals surface area contributed by atoms with Crippen molar-refractivity contribution in [3.8, 4) is 0 Å². The van der Waals surface area contributed by atoms with Crippen LogP contribution in [0.1, 0.15) is 52.5 Å². The van der Waals surface area contributed by atoms with Gasteiger partial charge in [-0.15, -0.1) is 11.3 Å². The molecule has 2 aromatic heterocycles. The minimum absolute atomic E-state index is 0.278. The molecule has 0 fully saturated rings. The van der Waals surface area contributed by atoms with E-state index in [1.807, 2.05) is 0 Å². The third-order valence-corrected chi connectivity index (χ3v) is 7.36. The predicted octanol–water partition coefficient (Wildman–Crippen LogP) is 6.15. The zero-order valence-corrected chi connectivity index (χ0v) is 21.3. The number of anilines is 2. The lowest BCUT2D eigenvalue weighted by atomic mass is 10.1. The molecule has 2 N–H and O–H groups in total. The Labute approximate surface area is 209 Å². The lowest BCUT2D eigenvalue weighted by Gasteiger charge is -2.11. The first kappa shape index (κ1) is 23.8. The van der Waals surface area contributed by atoms with Crippen LogP contribution in [-0.2, 0) is 24.1 Å². The molecule has 1 aliphatic carbocycles. The first-order valence-corrected chi connectivity index (χ1v) is 12.8. The fourth-order valence-electron chi connectivity index (χ4n) is 3.86. The molecular formula is C23H24BrFN4O2S2. The monoisotopic (exact) mass is 550 g/mol. The number of esters is 1. The molecule has 3 aromatic rings. The molecule has 0 bridgehead atoms. The standard InChI is InChI=1S/C23H24BrFN4O2S2/c1-2-31-22(30)19-15-9-4-3-5-11-18(15)33-21(19)27-23(32)26-20-16(24)13-29(28-20)12-14-8-6-7-10-17(14)25/h6-8,10,13H,2-5,9,11-12H2,1H3,(H2,26,27,28,32). The molecule has 4 rings (SSSR count). The highest BCUT2D eigenvalue weighted by molar-refractivity contribution is 9.10. The highest BCUT2D eigenvalue weighted by Crippen LogP contribution is 2.38. The average Bonchev–Trinajstić information content (AvgIpc) is 3.19. The normalized spacial score (nSPS) is 13.2. The molecule has 0 atom stereocenters. The summed E-state index contributed by atoms with van der Waals surface area (Å²) in [6.45, 7) is 2.41. The lowest BCUT2D eigenvalue weighted by Crippen LogP contribution is -2.21. The molecule has 2 heterocycles. The number of nitrogens with one attached hydrogen (secondary N) is 2. The predicted molar refractivity (Wildman–Crippen MR) is 137 cm³/mol. The van der Waals surface area contributed by atoms with E-state index in [1.165, 1.54) is 10.9 Å². The van der Waals surface area contributed by atoms with Crippen LogP contribution in [0.15, 0.2) is 34.9 Å². The minimum Gasteiger partial charge on any atom is -0.462 e. The Hall–Kier alpha value is -2.30. The number of ether oxygens (including phenoxy) is 1. The summed E-state index contributed by atoms with van der Waals surface area (Å²) in [7, 11) is 0. The summed E-state index contributed by atoms with van der Waals surface area (Å²) in [5, 5.41) is 11.7. The van der Waals surface area contributed by atoms with Gasteiger partial charge in [-0.3, -0.25) is 4.68 Å². The largest absolute Gasteiger partial charge is 0.462 e. The number of rotatable bonds is 6. The molecule has 174 valence electrons. The number of hydrogen-bond donors (Lipinski definition) is 2. The molecule has 1 aromatic carbocycles. The molecule has 0 aliphatic heterocycles. The number of fused-ring (bicyclic) bond motifs is 1. The highest BCUT2D eigenvalue weighted by Gasteiger charge is 2.26. The van der Waals surface area contributed by atoms with Crippen molar-refractivity contribution >= 4 is 61.4 Å². The number of aryl methyl sites for hydroxylation is 1. The molecule has 33 heavy (non-hydrogen) atoms. The second-order valence-corrected chi connectivity index (χ2v) is 10.1. The fourth-order valence-corrected chi connectivity index (χ4v) is 5.82. The fraction of sp³-hybridized carbons (Fsp3) is 0.348. The van der Waals surface area contributed by atoms with Gasteiger partial charge in [-0.1, -0.05) is 24.6 Å². The van der Waals surface area contributed by atoms with Gasteiger partial charge in [-0.2, -0.15) is 5.10 Å². The van der Waals surface area contributed by atoms with Crippen molar-refractivity contribution in [2.75, 3.05) is 17.2 Å². The maximum atomic E-state index is 14.0. The van der Waals surface area contributed by atoms with Crippen molar-refractivity contribution in [3.63, 3.8) is 0 Å². The van der Waals surface area contributed by atoms with Crippen molar-refractivity contribution in [1.29, 1.82) is 0 Å². The van der Waals surface area contributed by atoms with Gasteiger partial charge in [0, 0.05) is 16.6 Å². The van der Waals surface area contributed by atoms with E-state index in [0.717, 1.165) is 37.7 Å². The highest BCUT2D eigenvalue weighted by atomic mass is 79.9. The van der Waals surface area contributed by atoms with E-state index in [1.54, 1.807) is 47.3 Å². The van der Waals surface area contributed by atoms with Crippen molar-refractivity contribution in [2.45, 2.75) is 45.6 Å². The summed E-state index contributed by atoms with van der Waals surface area (Å²) in [6.07, 6.45) is 6.92. The van der Waals surface area contributed by atoms with E-state index in [9.17, 15) is 9.18 Å². The van der Waals surface area contributed by atoms with E-state index in [2.05, 4.69) is 31.7 Å². The lowest BCUT2D eigenvalue weighted by molar-refractivity contribution is 0.0527. The van der Waals surface area contributed by atoms with Gasteiger partial charge in [0.05, 0.1) is 23.2 Å². The van der Waals surface area contributed by atoms with Crippen LogP contribution in [0.3, 0.4) is 0 Å². The third kappa shape index (κ3) is 5.62. The second kappa shape index (κ2) is 10.8. The van der Waals surface area contributed by atoms with E-state index in [-0.39, 0.29) is 18.3 Å². The molecule has 1 aliphatic rings.